The van der Waals surface area contributed by atoms with Crippen molar-refractivity contribution in [1.82, 2.24) is 0 Å². The fourth-order valence-corrected chi connectivity index (χ4v) is 2.41. The highest BCUT2D eigenvalue weighted by atomic mass is 16.5. The number of ether oxygens (including phenoxy) is 1. The number of benzene rings is 1. The minimum Gasteiger partial charge on any atom is -0.481 e. The highest BCUT2D eigenvalue weighted by molar-refractivity contribution is 5.76. The van der Waals surface area contributed by atoms with E-state index in [0.717, 1.165) is 31.6 Å². The molecule has 0 aliphatic carbocycles. The molecule has 1 aromatic rings. The van der Waals surface area contributed by atoms with Crippen molar-refractivity contribution in [2.24, 2.45) is 5.73 Å². The third-order valence-corrected chi connectivity index (χ3v) is 3.57. The average Bonchev–Trinajstić information content (AvgIpc) is 2.41. The van der Waals surface area contributed by atoms with E-state index >= 15 is 0 Å². The van der Waals surface area contributed by atoms with E-state index in [2.05, 4.69) is 0 Å². The molecule has 1 aromatic carbocycles. The molecule has 1 heterocycles. The summed E-state index contributed by atoms with van der Waals surface area (Å²) < 4.78 is 5.34. The zero-order valence-corrected chi connectivity index (χ0v) is 10.3. The molecule has 1 unspecified atom stereocenters. The van der Waals surface area contributed by atoms with Crippen LogP contribution in [0.1, 0.15) is 35.8 Å². The molecule has 0 radical (unpaired) electrons. The molecule has 2 rings (SSSR count). The summed E-state index contributed by atoms with van der Waals surface area (Å²) in [4.78, 5) is 11.0. The van der Waals surface area contributed by atoms with Crippen LogP contribution in [0.4, 0.5) is 0 Å². The Morgan fingerprint density at radius 2 is 1.94 bits per heavy atom. The second-order valence-electron chi connectivity index (χ2n) is 4.68. The van der Waals surface area contributed by atoms with Crippen LogP contribution in [0.15, 0.2) is 24.3 Å². The van der Waals surface area contributed by atoms with Gasteiger partial charge in [0, 0.05) is 19.8 Å². The zero-order valence-electron chi connectivity index (χ0n) is 10.3. The highest BCUT2D eigenvalue weighted by Crippen LogP contribution is 2.28. The molecule has 1 aliphatic rings. The lowest BCUT2D eigenvalue weighted by Gasteiger charge is -2.22. The molecule has 98 valence electrons. The van der Waals surface area contributed by atoms with Crippen LogP contribution in [0.3, 0.4) is 0 Å². The van der Waals surface area contributed by atoms with E-state index in [1.807, 2.05) is 24.3 Å². The van der Waals surface area contributed by atoms with Gasteiger partial charge in [-0.25, -0.2) is 0 Å². The first kappa shape index (κ1) is 13.1. The standard InChI is InChI=1S/C14H19NO3/c15-9-13(14(16)17)12-3-1-10(2-4-12)11-5-7-18-8-6-11/h1-4,11,13H,5-9,15H2,(H,16,17). The van der Waals surface area contributed by atoms with Gasteiger partial charge < -0.3 is 15.6 Å². The summed E-state index contributed by atoms with van der Waals surface area (Å²) in [7, 11) is 0. The number of carbonyl (C=O) groups is 1. The second kappa shape index (κ2) is 5.98. The smallest absolute Gasteiger partial charge is 0.312 e. The summed E-state index contributed by atoms with van der Waals surface area (Å²) in [6.07, 6.45) is 2.08. The van der Waals surface area contributed by atoms with Gasteiger partial charge in [0.25, 0.3) is 0 Å². The maximum Gasteiger partial charge on any atom is 0.312 e. The van der Waals surface area contributed by atoms with E-state index in [1.54, 1.807) is 0 Å². The van der Waals surface area contributed by atoms with Gasteiger partial charge >= 0.3 is 5.97 Å². The number of hydrogen-bond donors (Lipinski definition) is 2. The molecule has 0 amide bonds. The summed E-state index contributed by atoms with van der Waals surface area (Å²) in [5, 5.41) is 9.05. The number of nitrogens with two attached hydrogens (primary N) is 1. The van der Waals surface area contributed by atoms with Crippen molar-refractivity contribution < 1.29 is 14.6 Å². The first-order chi connectivity index (χ1) is 8.72. The van der Waals surface area contributed by atoms with Crippen LogP contribution < -0.4 is 5.73 Å². The molecule has 0 spiro atoms. The Kier molecular flexibility index (Phi) is 4.33. The van der Waals surface area contributed by atoms with Crippen LogP contribution in [-0.4, -0.2) is 30.8 Å². The van der Waals surface area contributed by atoms with Crippen LogP contribution in [0.5, 0.6) is 0 Å². The quantitative estimate of drug-likeness (QED) is 0.852. The van der Waals surface area contributed by atoms with Gasteiger partial charge in [-0.1, -0.05) is 24.3 Å². The van der Waals surface area contributed by atoms with Gasteiger partial charge in [-0.15, -0.1) is 0 Å². The van der Waals surface area contributed by atoms with Crippen LogP contribution in [0.25, 0.3) is 0 Å². The topological polar surface area (TPSA) is 72.6 Å². The van der Waals surface area contributed by atoms with Crippen LogP contribution >= 0.6 is 0 Å². The highest BCUT2D eigenvalue weighted by Gasteiger charge is 2.19. The van der Waals surface area contributed by atoms with E-state index in [9.17, 15) is 4.79 Å². The van der Waals surface area contributed by atoms with Crippen LogP contribution in [0, 0.1) is 0 Å². The third kappa shape index (κ3) is 2.89. The second-order valence-corrected chi connectivity index (χ2v) is 4.68. The number of rotatable bonds is 4. The molecule has 4 nitrogen and oxygen atoms in total. The van der Waals surface area contributed by atoms with Gasteiger partial charge in [0.05, 0.1) is 5.92 Å². The van der Waals surface area contributed by atoms with E-state index in [-0.39, 0.29) is 6.54 Å². The van der Waals surface area contributed by atoms with E-state index < -0.39 is 11.9 Å². The number of carboxylic acid groups (broad SMARTS) is 1. The van der Waals surface area contributed by atoms with Crippen molar-refractivity contribution >= 4 is 5.97 Å². The summed E-state index contributed by atoms with van der Waals surface area (Å²) in [5.41, 5.74) is 7.53. The predicted octanol–water partition coefficient (Wildman–Crippen LogP) is 1.71. The lowest BCUT2D eigenvalue weighted by Crippen LogP contribution is -2.21. The van der Waals surface area contributed by atoms with Crippen LogP contribution in [-0.2, 0) is 9.53 Å². The maximum atomic E-state index is 11.0. The summed E-state index contributed by atoms with van der Waals surface area (Å²) >= 11 is 0. The van der Waals surface area contributed by atoms with Gasteiger partial charge in [-0.3, -0.25) is 4.79 Å². The number of aliphatic carboxylic acids is 1. The Balaban J connectivity index is 2.11. The third-order valence-electron chi connectivity index (χ3n) is 3.57. The monoisotopic (exact) mass is 249 g/mol. The fraction of sp³-hybridized carbons (Fsp3) is 0.500. The Morgan fingerprint density at radius 3 is 2.44 bits per heavy atom. The van der Waals surface area contributed by atoms with Gasteiger partial charge in [-0.2, -0.15) is 0 Å². The normalized spacial score (nSPS) is 18.5. The first-order valence-corrected chi connectivity index (χ1v) is 6.33. The molecular weight excluding hydrogens is 230 g/mol. The van der Waals surface area contributed by atoms with Crippen molar-refractivity contribution in [3.05, 3.63) is 35.4 Å². The van der Waals surface area contributed by atoms with Crippen LogP contribution in [0.2, 0.25) is 0 Å². The summed E-state index contributed by atoms with van der Waals surface area (Å²) in [6.45, 7) is 1.76. The van der Waals surface area contributed by atoms with E-state index in [1.165, 1.54) is 5.56 Å². The van der Waals surface area contributed by atoms with Crippen molar-refractivity contribution in [2.45, 2.75) is 24.7 Å². The Bertz CT molecular complexity index is 396. The largest absolute Gasteiger partial charge is 0.481 e. The molecule has 1 saturated heterocycles. The molecule has 0 bridgehead atoms. The summed E-state index contributed by atoms with van der Waals surface area (Å²) in [5.74, 6) is -0.931. The minimum atomic E-state index is -0.865. The van der Waals surface area contributed by atoms with Gasteiger partial charge in [0.15, 0.2) is 0 Å². The number of carboxylic acids is 1. The molecule has 4 heteroatoms. The average molecular weight is 249 g/mol. The van der Waals surface area contributed by atoms with Crippen molar-refractivity contribution in [1.29, 1.82) is 0 Å². The van der Waals surface area contributed by atoms with Crippen molar-refractivity contribution in [3.8, 4) is 0 Å². The Hall–Kier alpha value is -1.39. The minimum absolute atomic E-state index is 0.131. The summed E-state index contributed by atoms with van der Waals surface area (Å²) in [6, 6.07) is 7.82. The maximum absolute atomic E-state index is 11.0. The SMILES string of the molecule is NCC(C(=O)O)c1ccc(C2CCOCC2)cc1. The van der Waals surface area contributed by atoms with E-state index in [4.69, 9.17) is 15.6 Å². The van der Waals surface area contributed by atoms with Crippen molar-refractivity contribution in [2.75, 3.05) is 19.8 Å². The lowest BCUT2D eigenvalue weighted by atomic mass is 9.89. The van der Waals surface area contributed by atoms with Gasteiger partial charge in [-0.05, 0) is 29.9 Å². The molecule has 3 N–H and O–H groups in total. The zero-order chi connectivity index (χ0) is 13.0. The Labute approximate surface area is 107 Å². The molecule has 1 atom stereocenters. The molecule has 1 fully saturated rings. The molecule has 18 heavy (non-hydrogen) atoms. The lowest BCUT2D eigenvalue weighted by molar-refractivity contribution is -0.138. The van der Waals surface area contributed by atoms with Gasteiger partial charge in [0.2, 0.25) is 0 Å². The molecule has 0 aromatic heterocycles. The molecule has 0 saturated carbocycles. The molecule has 1 aliphatic heterocycles. The fourth-order valence-electron chi connectivity index (χ4n) is 2.41. The molecular formula is C14H19NO3. The van der Waals surface area contributed by atoms with Gasteiger partial charge in [0.1, 0.15) is 0 Å². The predicted molar refractivity (Wildman–Crippen MR) is 68.7 cm³/mol. The number of hydrogen-bond acceptors (Lipinski definition) is 3. The van der Waals surface area contributed by atoms with Crippen molar-refractivity contribution in [3.63, 3.8) is 0 Å². The Morgan fingerprint density at radius 1 is 1.33 bits per heavy atom. The first-order valence-electron chi connectivity index (χ1n) is 6.33. The van der Waals surface area contributed by atoms with E-state index in [0.29, 0.717) is 5.92 Å².